The molecular weight excluding hydrogens is 224 g/mol. The zero-order valence-corrected chi connectivity index (χ0v) is 9.52. The SMILES string of the molecule is O=C(O)CCCNC1CC(=O)N(C2CC2)C1=O. The molecule has 1 aliphatic carbocycles. The molecule has 94 valence electrons. The first-order valence-corrected chi connectivity index (χ1v) is 5.90. The quantitative estimate of drug-likeness (QED) is 0.493. The van der Waals surface area contributed by atoms with Gasteiger partial charge in [-0.25, -0.2) is 0 Å². The molecule has 0 aromatic rings. The zero-order chi connectivity index (χ0) is 12.4. The maximum atomic E-state index is 11.9. The first kappa shape index (κ1) is 12.0. The molecule has 2 aliphatic rings. The van der Waals surface area contributed by atoms with E-state index in [9.17, 15) is 14.4 Å². The van der Waals surface area contributed by atoms with E-state index in [-0.39, 0.29) is 30.7 Å². The van der Waals surface area contributed by atoms with E-state index in [0.29, 0.717) is 13.0 Å². The number of likely N-dealkylation sites (tertiary alicyclic amines) is 1. The Labute approximate surface area is 99.0 Å². The Balaban J connectivity index is 1.76. The maximum absolute atomic E-state index is 11.9. The Morgan fingerprint density at radius 1 is 1.41 bits per heavy atom. The summed E-state index contributed by atoms with van der Waals surface area (Å²) in [5.41, 5.74) is 0. The third-order valence-corrected chi connectivity index (χ3v) is 3.05. The number of nitrogens with zero attached hydrogens (tertiary/aromatic N) is 1. The molecule has 6 nitrogen and oxygen atoms in total. The van der Waals surface area contributed by atoms with Crippen molar-refractivity contribution >= 4 is 17.8 Å². The third kappa shape index (κ3) is 2.82. The van der Waals surface area contributed by atoms with Crippen molar-refractivity contribution < 1.29 is 19.5 Å². The van der Waals surface area contributed by atoms with E-state index in [0.717, 1.165) is 12.8 Å². The summed E-state index contributed by atoms with van der Waals surface area (Å²) in [6.07, 6.45) is 2.60. The summed E-state index contributed by atoms with van der Waals surface area (Å²) in [7, 11) is 0. The van der Waals surface area contributed by atoms with Gasteiger partial charge in [0.15, 0.2) is 0 Å². The zero-order valence-electron chi connectivity index (χ0n) is 9.52. The van der Waals surface area contributed by atoms with E-state index in [1.165, 1.54) is 4.90 Å². The van der Waals surface area contributed by atoms with Crippen molar-refractivity contribution in [3.05, 3.63) is 0 Å². The molecule has 2 fully saturated rings. The van der Waals surface area contributed by atoms with Crippen molar-refractivity contribution in [2.75, 3.05) is 6.54 Å². The second kappa shape index (κ2) is 4.83. The molecule has 1 atom stereocenters. The van der Waals surface area contributed by atoms with Crippen LogP contribution in [0, 0.1) is 0 Å². The van der Waals surface area contributed by atoms with Crippen LogP contribution in [0.15, 0.2) is 0 Å². The molecule has 1 saturated heterocycles. The molecule has 1 unspecified atom stereocenters. The lowest BCUT2D eigenvalue weighted by atomic mass is 10.2. The van der Waals surface area contributed by atoms with Crippen LogP contribution >= 0.6 is 0 Å². The number of nitrogens with one attached hydrogen (secondary N) is 1. The van der Waals surface area contributed by atoms with Crippen LogP contribution in [-0.4, -0.2) is 46.4 Å². The lowest BCUT2D eigenvalue weighted by Crippen LogP contribution is -2.40. The van der Waals surface area contributed by atoms with Crippen molar-refractivity contribution in [2.24, 2.45) is 0 Å². The molecular formula is C11H16N2O4. The molecule has 2 N–H and O–H groups in total. The highest BCUT2D eigenvalue weighted by atomic mass is 16.4. The standard InChI is InChI=1S/C11H16N2O4/c14-9-6-8(12-5-1-2-10(15)16)11(17)13(9)7-3-4-7/h7-8,12H,1-6H2,(H,15,16). The number of hydrogen-bond donors (Lipinski definition) is 2. The molecule has 0 aromatic heterocycles. The first-order chi connectivity index (χ1) is 8.09. The van der Waals surface area contributed by atoms with E-state index >= 15 is 0 Å². The van der Waals surface area contributed by atoms with Crippen molar-refractivity contribution in [1.82, 2.24) is 10.2 Å². The van der Waals surface area contributed by atoms with Gasteiger partial charge in [0.05, 0.1) is 12.5 Å². The molecule has 0 radical (unpaired) electrons. The normalized spacial score (nSPS) is 24.5. The number of carboxylic acids is 1. The lowest BCUT2D eigenvalue weighted by Gasteiger charge is -2.14. The van der Waals surface area contributed by atoms with Gasteiger partial charge in [0, 0.05) is 12.5 Å². The van der Waals surface area contributed by atoms with Crippen molar-refractivity contribution in [1.29, 1.82) is 0 Å². The number of amides is 2. The third-order valence-electron chi connectivity index (χ3n) is 3.05. The fraction of sp³-hybridized carbons (Fsp3) is 0.727. The topological polar surface area (TPSA) is 86.7 Å². The highest BCUT2D eigenvalue weighted by Crippen LogP contribution is 2.31. The predicted octanol–water partition coefficient (Wildman–Crippen LogP) is -0.269. The molecule has 0 spiro atoms. The molecule has 6 heteroatoms. The Morgan fingerprint density at radius 3 is 2.71 bits per heavy atom. The first-order valence-electron chi connectivity index (χ1n) is 5.90. The molecule has 1 heterocycles. The van der Waals surface area contributed by atoms with E-state index in [1.54, 1.807) is 0 Å². The molecule has 17 heavy (non-hydrogen) atoms. The van der Waals surface area contributed by atoms with Crippen molar-refractivity contribution in [2.45, 2.75) is 44.2 Å². The highest BCUT2D eigenvalue weighted by molar-refractivity contribution is 6.06. The summed E-state index contributed by atoms with van der Waals surface area (Å²) in [5.74, 6) is -1.10. The number of hydrogen-bond acceptors (Lipinski definition) is 4. The number of rotatable bonds is 6. The minimum atomic E-state index is -0.847. The summed E-state index contributed by atoms with van der Waals surface area (Å²) in [5, 5.41) is 11.4. The molecule has 2 amide bonds. The summed E-state index contributed by atoms with van der Waals surface area (Å²) < 4.78 is 0. The second-order valence-electron chi connectivity index (χ2n) is 4.54. The van der Waals surface area contributed by atoms with Crippen LogP contribution in [0.4, 0.5) is 0 Å². The van der Waals surface area contributed by atoms with Gasteiger partial charge in [0.25, 0.3) is 0 Å². The largest absolute Gasteiger partial charge is 0.481 e. The van der Waals surface area contributed by atoms with Crippen LogP contribution < -0.4 is 5.32 Å². The monoisotopic (exact) mass is 240 g/mol. The van der Waals surface area contributed by atoms with Crippen LogP contribution in [0.1, 0.15) is 32.1 Å². The average Bonchev–Trinajstić information content (AvgIpc) is 3.02. The lowest BCUT2D eigenvalue weighted by molar-refractivity contribution is -0.139. The smallest absolute Gasteiger partial charge is 0.303 e. The molecule has 2 rings (SSSR count). The van der Waals surface area contributed by atoms with Gasteiger partial charge in [-0.3, -0.25) is 19.3 Å². The summed E-state index contributed by atoms with van der Waals surface area (Å²) >= 11 is 0. The van der Waals surface area contributed by atoms with Crippen molar-refractivity contribution in [3.63, 3.8) is 0 Å². The second-order valence-corrected chi connectivity index (χ2v) is 4.54. The molecule has 0 aromatic carbocycles. The van der Waals surface area contributed by atoms with Gasteiger partial charge >= 0.3 is 5.97 Å². The summed E-state index contributed by atoms with van der Waals surface area (Å²) in [4.78, 5) is 35.1. The molecule has 1 saturated carbocycles. The van der Waals surface area contributed by atoms with Crippen molar-refractivity contribution in [3.8, 4) is 0 Å². The molecule has 1 aliphatic heterocycles. The fourth-order valence-electron chi connectivity index (χ4n) is 2.04. The molecule has 0 bridgehead atoms. The summed E-state index contributed by atoms with van der Waals surface area (Å²) in [6, 6.07) is -0.322. The van der Waals surface area contributed by atoms with E-state index in [1.807, 2.05) is 0 Å². The van der Waals surface area contributed by atoms with E-state index in [4.69, 9.17) is 5.11 Å². The van der Waals surface area contributed by atoms with Crippen LogP contribution in [0.2, 0.25) is 0 Å². The number of carbonyl (C=O) groups is 3. The van der Waals surface area contributed by atoms with Gasteiger partial charge in [-0.05, 0) is 25.8 Å². The Kier molecular flexibility index (Phi) is 3.42. The number of carboxylic acid groups (broad SMARTS) is 1. The van der Waals surface area contributed by atoms with Gasteiger partial charge in [0.2, 0.25) is 11.8 Å². The van der Waals surface area contributed by atoms with Crippen LogP contribution in [-0.2, 0) is 14.4 Å². The Morgan fingerprint density at radius 2 is 2.12 bits per heavy atom. The Bertz CT molecular complexity index is 351. The van der Waals surface area contributed by atoms with Gasteiger partial charge in [-0.1, -0.05) is 0 Å². The number of imide groups is 1. The van der Waals surface area contributed by atoms with Gasteiger partial charge in [0.1, 0.15) is 0 Å². The number of aliphatic carboxylic acids is 1. The predicted molar refractivity (Wildman–Crippen MR) is 58.2 cm³/mol. The average molecular weight is 240 g/mol. The summed E-state index contributed by atoms with van der Waals surface area (Å²) in [6.45, 7) is 0.453. The van der Waals surface area contributed by atoms with Crippen LogP contribution in [0.3, 0.4) is 0 Å². The van der Waals surface area contributed by atoms with Crippen LogP contribution in [0.5, 0.6) is 0 Å². The number of carbonyl (C=O) groups excluding carboxylic acids is 2. The minimum absolute atomic E-state index is 0.0776. The maximum Gasteiger partial charge on any atom is 0.303 e. The van der Waals surface area contributed by atoms with Gasteiger partial charge < -0.3 is 10.4 Å². The van der Waals surface area contributed by atoms with Crippen LogP contribution in [0.25, 0.3) is 0 Å². The van der Waals surface area contributed by atoms with Gasteiger partial charge in [-0.15, -0.1) is 0 Å². The fourth-order valence-corrected chi connectivity index (χ4v) is 2.04. The Hall–Kier alpha value is -1.43. The highest BCUT2D eigenvalue weighted by Gasteiger charge is 2.45. The van der Waals surface area contributed by atoms with E-state index in [2.05, 4.69) is 5.32 Å². The minimum Gasteiger partial charge on any atom is -0.481 e. The van der Waals surface area contributed by atoms with Gasteiger partial charge in [-0.2, -0.15) is 0 Å². The van der Waals surface area contributed by atoms with E-state index < -0.39 is 12.0 Å².